The summed E-state index contributed by atoms with van der Waals surface area (Å²) in [6.07, 6.45) is 3.46. The first-order chi connectivity index (χ1) is 8.67. The van der Waals surface area contributed by atoms with E-state index < -0.39 is 0 Å². The molecule has 0 amide bonds. The van der Waals surface area contributed by atoms with E-state index >= 15 is 0 Å². The molecule has 0 atom stereocenters. The first kappa shape index (κ1) is 12.0. The first-order valence-corrected chi connectivity index (χ1v) is 5.28. The van der Waals surface area contributed by atoms with Crippen LogP contribution in [0, 0.1) is 10.7 Å². The van der Waals surface area contributed by atoms with Gasteiger partial charge in [-0.15, -0.1) is 4.91 Å². The molecule has 2 rings (SSSR count). The average Bonchev–Trinajstić information content (AvgIpc) is 2.37. The minimum Gasteiger partial charge on any atom is -0.508 e. The van der Waals surface area contributed by atoms with Gasteiger partial charge in [-0.05, 0) is 40.6 Å². The van der Waals surface area contributed by atoms with Crippen molar-refractivity contribution in [2.45, 2.75) is 0 Å². The molecule has 0 aliphatic rings. The third-order valence-corrected chi connectivity index (χ3v) is 2.37. The number of rotatable bonds is 3. The number of benzene rings is 2. The summed E-state index contributed by atoms with van der Waals surface area (Å²) in [7, 11) is 0. The number of phenolic OH excluding ortho intramolecular Hbond substituents is 1. The number of nitroso groups, excluding NO2 is 1. The highest BCUT2D eigenvalue weighted by molar-refractivity contribution is 5.71. The van der Waals surface area contributed by atoms with E-state index in [4.69, 9.17) is 0 Å². The largest absolute Gasteiger partial charge is 0.508 e. The molecular weight excluding hydrogens is 233 g/mol. The van der Waals surface area contributed by atoms with Gasteiger partial charge >= 0.3 is 0 Å². The van der Waals surface area contributed by atoms with Gasteiger partial charge in [0.05, 0.1) is 0 Å². The Bertz CT molecular complexity index is 591. The molecule has 2 aromatic carbocycles. The zero-order valence-electron chi connectivity index (χ0n) is 9.38. The van der Waals surface area contributed by atoms with E-state index in [-0.39, 0.29) is 17.3 Å². The Balaban J connectivity index is 2.25. The van der Waals surface area contributed by atoms with E-state index in [1.54, 1.807) is 30.4 Å². The molecule has 0 fully saturated rings. The molecule has 18 heavy (non-hydrogen) atoms. The van der Waals surface area contributed by atoms with Crippen molar-refractivity contribution < 1.29 is 9.50 Å². The molecule has 0 saturated heterocycles. The predicted octanol–water partition coefficient (Wildman–Crippen LogP) is 4.10. The maximum atomic E-state index is 12.7. The van der Waals surface area contributed by atoms with Crippen molar-refractivity contribution in [3.05, 3.63) is 64.3 Å². The van der Waals surface area contributed by atoms with Gasteiger partial charge < -0.3 is 5.11 Å². The van der Waals surface area contributed by atoms with Gasteiger partial charge in [0.1, 0.15) is 17.3 Å². The Labute approximate surface area is 103 Å². The van der Waals surface area contributed by atoms with Crippen LogP contribution in [-0.2, 0) is 0 Å². The number of hydrogen-bond donors (Lipinski definition) is 1. The fraction of sp³-hybridized carbons (Fsp3) is 0. The van der Waals surface area contributed by atoms with Crippen LogP contribution in [0.5, 0.6) is 5.75 Å². The molecule has 4 heteroatoms. The summed E-state index contributed by atoms with van der Waals surface area (Å²) < 4.78 is 12.7. The predicted molar refractivity (Wildman–Crippen MR) is 68.9 cm³/mol. The second-order valence-corrected chi connectivity index (χ2v) is 3.76. The van der Waals surface area contributed by atoms with Gasteiger partial charge in [0.15, 0.2) is 0 Å². The van der Waals surface area contributed by atoms with Crippen LogP contribution in [0.4, 0.5) is 10.1 Å². The lowest BCUT2D eigenvalue weighted by Gasteiger charge is -1.98. The molecule has 0 aliphatic heterocycles. The van der Waals surface area contributed by atoms with Gasteiger partial charge in [-0.2, -0.15) is 0 Å². The summed E-state index contributed by atoms with van der Waals surface area (Å²) in [5, 5.41) is 12.1. The Morgan fingerprint density at radius 1 is 1.00 bits per heavy atom. The molecule has 1 N–H and O–H groups in total. The highest BCUT2D eigenvalue weighted by atomic mass is 19.1. The number of aromatic hydroxyl groups is 1. The summed E-state index contributed by atoms with van der Waals surface area (Å²) in [6.45, 7) is 0. The number of nitrogens with zero attached hydrogens (tertiary/aromatic N) is 1. The zero-order valence-corrected chi connectivity index (χ0v) is 9.38. The lowest BCUT2D eigenvalue weighted by atomic mass is 10.1. The Morgan fingerprint density at radius 3 is 2.33 bits per heavy atom. The smallest absolute Gasteiger partial charge is 0.123 e. The van der Waals surface area contributed by atoms with Crippen molar-refractivity contribution in [2.24, 2.45) is 5.18 Å². The van der Waals surface area contributed by atoms with E-state index in [1.165, 1.54) is 24.3 Å². The van der Waals surface area contributed by atoms with Gasteiger partial charge in [0.2, 0.25) is 0 Å². The molecule has 2 aromatic rings. The third kappa shape index (κ3) is 3.01. The summed E-state index contributed by atoms with van der Waals surface area (Å²) >= 11 is 0. The van der Waals surface area contributed by atoms with E-state index in [0.717, 1.165) is 5.56 Å². The zero-order chi connectivity index (χ0) is 13.0. The normalized spacial score (nSPS) is 10.7. The van der Waals surface area contributed by atoms with Crippen LogP contribution >= 0.6 is 0 Å². The maximum Gasteiger partial charge on any atom is 0.123 e. The van der Waals surface area contributed by atoms with E-state index in [9.17, 15) is 14.4 Å². The Hall–Kier alpha value is -2.49. The summed E-state index contributed by atoms with van der Waals surface area (Å²) in [6, 6.07) is 10.3. The summed E-state index contributed by atoms with van der Waals surface area (Å²) in [4.78, 5) is 10.4. The van der Waals surface area contributed by atoms with Crippen LogP contribution in [0.3, 0.4) is 0 Å². The molecular formula is C14H10FNO2. The van der Waals surface area contributed by atoms with E-state index in [0.29, 0.717) is 5.56 Å². The average molecular weight is 243 g/mol. The highest BCUT2D eigenvalue weighted by Gasteiger charge is 1.98. The highest BCUT2D eigenvalue weighted by Crippen LogP contribution is 2.23. The molecule has 0 bridgehead atoms. The van der Waals surface area contributed by atoms with Gasteiger partial charge in [-0.3, -0.25) is 0 Å². The van der Waals surface area contributed by atoms with Crippen LogP contribution in [0.2, 0.25) is 0 Å². The quantitative estimate of drug-likeness (QED) is 0.651. The van der Waals surface area contributed by atoms with Crippen LogP contribution < -0.4 is 0 Å². The molecule has 0 heterocycles. The molecule has 0 spiro atoms. The number of hydrogen-bond acceptors (Lipinski definition) is 3. The van der Waals surface area contributed by atoms with Crippen LogP contribution in [0.25, 0.3) is 12.2 Å². The number of phenols is 1. The molecule has 0 radical (unpaired) electrons. The third-order valence-electron chi connectivity index (χ3n) is 2.37. The lowest BCUT2D eigenvalue weighted by molar-refractivity contribution is 0.475. The maximum absolute atomic E-state index is 12.7. The molecule has 3 nitrogen and oxygen atoms in total. The molecule has 0 unspecified atom stereocenters. The summed E-state index contributed by atoms with van der Waals surface area (Å²) in [5.41, 5.74) is 1.63. The van der Waals surface area contributed by atoms with Crippen molar-refractivity contribution in [3.63, 3.8) is 0 Å². The van der Waals surface area contributed by atoms with Crippen molar-refractivity contribution in [1.29, 1.82) is 0 Å². The van der Waals surface area contributed by atoms with Crippen LogP contribution in [0.1, 0.15) is 11.1 Å². The minimum absolute atomic E-state index is 0.0224. The fourth-order valence-corrected chi connectivity index (χ4v) is 1.53. The summed E-state index contributed by atoms with van der Waals surface area (Å²) in [5.74, 6) is -0.317. The van der Waals surface area contributed by atoms with Crippen molar-refractivity contribution in [2.75, 3.05) is 0 Å². The van der Waals surface area contributed by atoms with Crippen LogP contribution in [-0.4, -0.2) is 5.11 Å². The standard InChI is InChI=1S/C14H10FNO2/c15-12-5-3-10(4-6-12)1-2-11-7-13(16-18)9-14(17)8-11/h1-9,17H/b2-1+. The van der Waals surface area contributed by atoms with Gasteiger partial charge in [0, 0.05) is 6.07 Å². The molecule has 90 valence electrons. The molecule has 0 aromatic heterocycles. The molecule has 0 saturated carbocycles. The van der Waals surface area contributed by atoms with Gasteiger partial charge in [-0.25, -0.2) is 4.39 Å². The van der Waals surface area contributed by atoms with Crippen molar-refractivity contribution in [3.8, 4) is 5.75 Å². The van der Waals surface area contributed by atoms with Gasteiger partial charge in [0.25, 0.3) is 0 Å². The second kappa shape index (κ2) is 5.23. The van der Waals surface area contributed by atoms with E-state index in [1.807, 2.05) is 0 Å². The SMILES string of the molecule is O=Nc1cc(O)cc(/C=C/c2ccc(F)cc2)c1. The Kier molecular flexibility index (Phi) is 3.48. The molecule has 0 aliphatic carbocycles. The van der Waals surface area contributed by atoms with E-state index in [2.05, 4.69) is 5.18 Å². The van der Waals surface area contributed by atoms with Crippen LogP contribution in [0.15, 0.2) is 47.6 Å². The monoisotopic (exact) mass is 243 g/mol. The topological polar surface area (TPSA) is 49.7 Å². The second-order valence-electron chi connectivity index (χ2n) is 3.76. The Morgan fingerprint density at radius 2 is 1.67 bits per heavy atom. The van der Waals surface area contributed by atoms with Crippen molar-refractivity contribution in [1.82, 2.24) is 0 Å². The minimum atomic E-state index is -0.294. The number of halogens is 1. The van der Waals surface area contributed by atoms with Gasteiger partial charge in [-0.1, -0.05) is 24.3 Å². The fourth-order valence-electron chi connectivity index (χ4n) is 1.53. The lowest BCUT2D eigenvalue weighted by Crippen LogP contribution is -1.76. The first-order valence-electron chi connectivity index (χ1n) is 5.28. The van der Waals surface area contributed by atoms with Crippen molar-refractivity contribution >= 4 is 17.8 Å².